The van der Waals surface area contributed by atoms with Crippen molar-refractivity contribution in [3.63, 3.8) is 0 Å². The average Bonchev–Trinajstić information content (AvgIpc) is 2.18. The maximum atomic E-state index is 5.50. The van der Waals surface area contributed by atoms with E-state index < -0.39 is 0 Å². The van der Waals surface area contributed by atoms with Gasteiger partial charge in [0.15, 0.2) is 0 Å². The minimum absolute atomic E-state index is 0.229. The lowest BCUT2D eigenvalue weighted by Gasteiger charge is -2.46. The number of ether oxygens (including phenoxy) is 1. The van der Waals surface area contributed by atoms with Gasteiger partial charge in [-0.25, -0.2) is 0 Å². The van der Waals surface area contributed by atoms with E-state index in [0.717, 1.165) is 26.3 Å². The Bertz CT molecular complexity index is 194. The van der Waals surface area contributed by atoms with Crippen molar-refractivity contribution in [2.45, 2.75) is 52.2 Å². The molecule has 90 valence electrons. The standard InChI is InChI=1S/C12H26N2O/c1-6-15-8-11(3)14-9-12(4,5)13-7-10(14)2/h10-11,13H,6-9H2,1-5H3. The molecule has 1 fully saturated rings. The first kappa shape index (κ1) is 12.9. The molecule has 1 rings (SSSR count). The Labute approximate surface area is 94.2 Å². The Morgan fingerprint density at radius 1 is 1.53 bits per heavy atom. The Morgan fingerprint density at radius 3 is 2.80 bits per heavy atom. The molecular formula is C12H26N2O. The molecule has 2 atom stereocenters. The molecule has 1 saturated heterocycles. The van der Waals surface area contributed by atoms with Gasteiger partial charge in [-0.3, -0.25) is 4.90 Å². The maximum absolute atomic E-state index is 5.50. The lowest BCUT2D eigenvalue weighted by atomic mass is 9.98. The van der Waals surface area contributed by atoms with Crippen LogP contribution in [0.3, 0.4) is 0 Å². The van der Waals surface area contributed by atoms with E-state index in [4.69, 9.17) is 4.74 Å². The zero-order chi connectivity index (χ0) is 11.5. The Kier molecular flexibility index (Phi) is 4.56. The van der Waals surface area contributed by atoms with Gasteiger partial charge in [-0.1, -0.05) is 0 Å². The SMILES string of the molecule is CCOCC(C)N1CC(C)(C)NCC1C. The predicted molar refractivity (Wildman–Crippen MR) is 64.2 cm³/mol. The van der Waals surface area contributed by atoms with Crippen LogP contribution in [0.15, 0.2) is 0 Å². The summed E-state index contributed by atoms with van der Waals surface area (Å²) < 4.78 is 5.50. The van der Waals surface area contributed by atoms with Crippen molar-refractivity contribution in [2.75, 3.05) is 26.3 Å². The molecule has 0 aliphatic carbocycles. The molecule has 0 amide bonds. The van der Waals surface area contributed by atoms with Crippen LogP contribution < -0.4 is 5.32 Å². The molecule has 0 saturated carbocycles. The van der Waals surface area contributed by atoms with Crippen molar-refractivity contribution >= 4 is 0 Å². The summed E-state index contributed by atoms with van der Waals surface area (Å²) in [4.78, 5) is 2.55. The van der Waals surface area contributed by atoms with E-state index in [-0.39, 0.29) is 5.54 Å². The smallest absolute Gasteiger partial charge is 0.0619 e. The van der Waals surface area contributed by atoms with E-state index in [1.807, 2.05) is 0 Å². The van der Waals surface area contributed by atoms with Gasteiger partial charge in [0, 0.05) is 37.3 Å². The van der Waals surface area contributed by atoms with Crippen LogP contribution >= 0.6 is 0 Å². The quantitative estimate of drug-likeness (QED) is 0.767. The minimum Gasteiger partial charge on any atom is -0.380 e. The molecule has 3 heteroatoms. The van der Waals surface area contributed by atoms with Crippen LogP contribution in [0.1, 0.15) is 34.6 Å². The van der Waals surface area contributed by atoms with Gasteiger partial charge in [0.05, 0.1) is 6.61 Å². The molecule has 0 aromatic rings. The van der Waals surface area contributed by atoms with Crippen molar-refractivity contribution in [3.8, 4) is 0 Å². The van der Waals surface area contributed by atoms with Gasteiger partial charge in [-0.15, -0.1) is 0 Å². The molecule has 0 bridgehead atoms. The normalized spacial score (nSPS) is 29.0. The lowest BCUT2D eigenvalue weighted by Crippen LogP contribution is -2.63. The van der Waals surface area contributed by atoms with E-state index in [0.29, 0.717) is 12.1 Å². The first-order chi connectivity index (χ1) is 6.96. The second kappa shape index (κ2) is 5.28. The summed E-state index contributed by atoms with van der Waals surface area (Å²) in [6, 6.07) is 1.12. The molecule has 0 radical (unpaired) electrons. The number of hydrogen-bond donors (Lipinski definition) is 1. The number of nitrogens with one attached hydrogen (secondary N) is 1. The summed E-state index contributed by atoms with van der Waals surface area (Å²) in [5, 5.41) is 3.57. The summed E-state index contributed by atoms with van der Waals surface area (Å²) in [5.74, 6) is 0. The van der Waals surface area contributed by atoms with Crippen LogP contribution in [0.4, 0.5) is 0 Å². The fourth-order valence-electron chi connectivity index (χ4n) is 2.18. The Hall–Kier alpha value is -0.120. The Balaban J connectivity index is 2.50. The van der Waals surface area contributed by atoms with E-state index in [9.17, 15) is 0 Å². The van der Waals surface area contributed by atoms with Gasteiger partial charge in [0.25, 0.3) is 0 Å². The van der Waals surface area contributed by atoms with E-state index >= 15 is 0 Å². The average molecular weight is 214 g/mol. The van der Waals surface area contributed by atoms with Crippen LogP contribution in [0.5, 0.6) is 0 Å². The second-order valence-electron chi connectivity index (χ2n) is 5.29. The van der Waals surface area contributed by atoms with Gasteiger partial charge in [-0.2, -0.15) is 0 Å². The van der Waals surface area contributed by atoms with Crippen LogP contribution in [-0.2, 0) is 4.74 Å². The van der Waals surface area contributed by atoms with Crippen LogP contribution in [0.25, 0.3) is 0 Å². The molecule has 0 spiro atoms. The lowest BCUT2D eigenvalue weighted by molar-refractivity contribution is 0.0189. The molecule has 1 heterocycles. The summed E-state index contributed by atoms with van der Waals surface area (Å²) in [6.07, 6.45) is 0. The minimum atomic E-state index is 0.229. The van der Waals surface area contributed by atoms with Crippen molar-refractivity contribution in [1.82, 2.24) is 10.2 Å². The summed E-state index contributed by atoms with van der Waals surface area (Å²) >= 11 is 0. The zero-order valence-corrected chi connectivity index (χ0v) is 10.8. The van der Waals surface area contributed by atoms with E-state index in [2.05, 4.69) is 44.8 Å². The fraction of sp³-hybridized carbons (Fsp3) is 1.00. The second-order valence-corrected chi connectivity index (χ2v) is 5.29. The summed E-state index contributed by atoms with van der Waals surface area (Å²) in [6.45, 7) is 15.0. The first-order valence-corrected chi connectivity index (χ1v) is 6.05. The fourth-order valence-corrected chi connectivity index (χ4v) is 2.18. The predicted octanol–water partition coefficient (Wildman–Crippen LogP) is 1.48. The molecule has 1 N–H and O–H groups in total. The molecule has 2 unspecified atom stereocenters. The third-order valence-electron chi connectivity index (χ3n) is 3.15. The third-order valence-corrected chi connectivity index (χ3v) is 3.15. The molecule has 3 nitrogen and oxygen atoms in total. The summed E-state index contributed by atoms with van der Waals surface area (Å²) in [5.41, 5.74) is 0.229. The van der Waals surface area contributed by atoms with Gasteiger partial charge in [-0.05, 0) is 34.6 Å². The van der Waals surface area contributed by atoms with Crippen molar-refractivity contribution in [3.05, 3.63) is 0 Å². The molecule has 1 aliphatic heterocycles. The number of rotatable bonds is 4. The van der Waals surface area contributed by atoms with Crippen molar-refractivity contribution in [1.29, 1.82) is 0 Å². The van der Waals surface area contributed by atoms with Crippen molar-refractivity contribution in [2.24, 2.45) is 0 Å². The topological polar surface area (TPSA) is 24.5 Å². The summed E-state index contributed by atoms with van der Waals surface area (Å²) in [7, 11) is 0. The largest absolute Gasteiger partial charge is 0.380 e. The highest BCUT2D eigenvalue weighted by Crippen LogP contribution is 2.17. The third kappa shape index (κ3) is 3.74. The molecule has 1 aliphatic rings. The molecular weight excluding hydrogens is 188 g/mol. The number of hydrogen-bond acceptors (Lipinski definition) is 3. The molecule has 15 heavy (non-hydrogen) atoms. The van der Waals surface area contributed by atoms with Gasteiger partial charge < -0.3 is 10.1 Å². The molecule has 0 aromatic carbocycles. The van der Waals surface area contributed by atoms with Crippen molar-refractivity contribution < 1.29 is 4.74 Å². The van der Waals surface area contributed by atoms with Gasteiger partial charge in [0.2, 0.25) is 0 Å². The van der Waals surface area contributed by atoms with Crippen LogP contribution in [-0.4, -0.2) is 48.8 Å². The van der Waals surface area contributed by atoms with Crippen LogP contribution in [0, 0.1) is 0 Å². The molecule has 0 aromatic heterocycles. The Morgan fingerprint density at radius 2 is 2.20 bits per heavy atom. The first-order valence-electron chi connectivity index (χ1n) is 6.05. The highest BCUT2D eigenvalue weighted by molar-refractivity contribution is 4.92. The number of piperazine rings is 1. The monoisotopic (exact) mass is 214 g/mol. The van der Waals surface area contributed by atoms with Gasteiger partial charge in [0.1, 0.15) is 0 Å². The zero-order valence-electron chi connectivity index (χ0n) is 10.8. The van der Waals surface area contributed by atoms with E-state index in [1.54, 1.807) is 0 Å². The van der Waals surface area contributed by atoms with Gasteiger partial charge >= 0.3 is 0 Å². The van der Waals surface area contributed by atoms with Crippen LogP contribution in [0.2, 0.25) is 0 Å². The maximum Gasteiger partial charge on any atom is 0.0619 e. The highest BCUT2D eigenvalue weighted by atomic mass is 16.5. The highest BCUT2D eigenvalue weighted by Gasteiger charge is 2.32. The number of nitrogens with zero attached hydrogens (tertiary/aromatic N) is 1. The van der Waals surface area contributed by atoms with E-state index in [1.165, 1.54) is 0 Å².